The Labute approximate surface area is 146 Å². The second kappa shape index (κ2) is 7.06. The zero-order valence-electron chi connectivity index (χ0n) is 15.5. The number of rotatable bonds is 3. The van der Waals surface area contributed by atoms with Crippen molar-refractivity contribution in [2.75, 3.05) is 13.1 Å². The summed E-state index contributed by atoms with van der Waals surface area (Å²) < 4.78 is 0. The number of benzene rings is 1. The van der Waals surface area contributed by atoms with Crippen molar-refractivity contribution in [2.24, 2.45) is 5.92 Å². The van der Waals surface area contributed by atoms with Gasteiger partial charge < -0.3 is 0 Å². The van der Waals surface area contributed by atoms with E-state index in [9.17, 15) is 0 Å². The lowest BCUT2D eigenvalue weighted by molar-refractivity contribution is 0.183. The summed E-state index contributed by atoms with van der Waals surface area (Å²) in [6.07, 6.45) is 4.58. The SMILES string of the molecule is CC1CCN(Cc2cc(-c3ccc(C(C)(C)C)cc3)ccn2)CC1. The molecule has 0 unspecified atom stereocenters. The highest BCUT2D eigenvalue weighted by Crippen LogP contribution is 2.26. The quantitative estimate of drug-likeness (QED) is 0.764. The molecule has 1 fully saturated rings. The minimum atomic E-state index is 0.202. The smallest absolute Gasteiger partial charge is 0.0550 e. The summed E-state index contributed by atoms with van der Waals surface area (Å²) >= 11 is 0. The van der Waals surface area contributed by atoms with Crippen LogP contribution in [0, 0.1) is 5.92 Å². The van der Waals surface area contributed by atoms with Crippen molar-refractivity contribution in [2.45, 2.75) is 52.5 Å². The van der Waals surface area contributed by atoms with Crippen molar-refractivity contribution in [1.29, 1.82) is 0 Å². The highest BCUT2D eigenvalue weighted by Gasteiger charge is 2.16. The molecule has 0 aliphatic carbocycles. The summed E-state index contributed by atoms with van der Waals surface area (Å²) in [5, 5.41) is 0. The van der Waals surface area contributed by atoms with Gasteiger partial charge >= 0.3 is 0 Å². The molecule has 0 bridgehead atoms. The molecule has 0 spiro atoms. The van der Waals surface area contributed by atoms with E-state index in [1.165, 1.54) is 48.3 Å². The summed E-state index contributed by atoms with van der Waals surface area (Å²) in [7, 11) is 0. The van der Waals surface area contributed by atoms with Gasteiger partial charge in [-0.05, 0) is 66.1 Å². The standard InChI is InChI=1S/C22H30N2/c1-17-10-13-24(14-11-17)16-21-15-19(9-12-23-21)18-5-7-20(8-6-18)22(2,3)4/h5-9,12,15,17H,10-11,13-14,16H2,1-4H3. The van der Waals surface area contributed by atoms with E-state index < -0.39 is 0 Å². The molecular weight excluding hydrogens is 292 g/mol. The maximum atomic E-state index is 4.59. The summed E-state index contributed by atoms with van der Waals surface area (Å²) in [5.41, 5.74) is 5.31. The van der Waals surface area contributed by atoms with Gasteiger partial charge in [-0.1, -0.05) is 52.0 Å². The van der Waals surface area contributed by atoms with Crippen LogP contribution in [0.15, 0.2) is 42.6 Å². The molecule has 0 N–H and O–H groups in total. The molecule has 1 aromatic heterocycles. The number of nitrogens with zero attached hydrogens (tertiary/aromatic N) is 2. The fourth-order valence-corrected chi connectivity index (χ4v) is 3.36. The number of pyridine rings is 1. The van der Waals surface area contributed by atoms with Crippen molar-refractivity contribution >= 4 is 0 Å². The highest BCUT2D eigenvalue weighted by atomic mass is 15.1. The number of piperidine rings is 1. The maximum absolute atomic E-state index is 4.59. The summed E-state index contributed by atoms with van der Waals surface area (Å²) in [5.74, 6) is 0.877. The first-order valence-electron chi connectivity index (χ1n) is 9.20. The van der Waals surface area contributed by atoms with E-state index in [-0.39, 0.29) is 5.41 Å². The number of hydrogen-bond donors (Lipinski definition) is 0. The average Bonchev–Trinajstić information content (AvgIpc) is 2.57. The summed E-state index contributed by atoms with van der Waals surface area (Å²) in [4.78, 5) is 7.13. The molecule has 0 amide bonds. The van der Waals surface area contributed by atoms with Gasteiger partial charge in [-0.2, -0.15) is 0 Å². The molecule has 24 heavy (non-hydrogen) atoms. The summed E-state index contributed by atoms with van der Waals surface area (Å²) in [6, 6.07) is 13.4. The van der Waals surface area contributed by atoms with Gasteiger partial charge in [0.1, 0.15) is 0 Å². The lowest BCUT2D eigenvalue weighted by Gasteiger charge is -2.29. The van der Waals surface area contributed by atoms with Crippen molar-refractivity contribution in [3.63, 3.8) is 0 Å². The van der Waals surface area contributed by atoms with Crippen LogP contribution in [0.2, 0.25) is 0 Å². The molecule has 2 heteroatoms. The molecule has 128 valence electrons. The maximum Gasteiger partial charge on any atom is 0.0550 e. The first kappa shape index (κ1) is 17.2. The molecule has 0 atom stereocenters. The molecule has 0 radical (unpaired) electrons. The Balaban J connectivity index is 1.73. The van der Waals surface area contributed by atoms with Crippen molar-refractivity contribution in [1.82, 2.24) is 9.88 Å². The summed E-state index contributed by atoms with van der Waals surface area (Å²) in [6.45, 7) is 12.5. The Kier molecular flexibility index (Phi) is 5.05. The predicted molar refractivity (Wildman–Crippen MR) is 102 cm³/mol. The van der Waals surface area contributed by atoms with Gasteiger partial charge in [0.2, 0.25) is 0 Å². The van der Waals surface area contributed by atoms with Gasteiger partial charge in [-0.3, -0.25) is 9.88 Å². The van der Waals surface area contributed by atoms with Gasteiger partial charge in [0.25, 0.3) is 0 Å². The van der Waals surface area contributed by atoms with E-state index in [4.69, 9.17) is 0 Å². The van der Waals surface area contributed by atoms with E-state index in [1.54, 1.807) is 0 Å². The van der Waals surface area contributed by atoms with Crippen molar-refractivity contribution < 1.29 is 0 Å². The van der Waals surface area contributed by atoms with Gasteiger partial charge in [-0.15, -0.1) is 0 Å². The highest BCUT2D eigenvalue weighted by molar-refractivity contribution is 5.63. The Bertz CT molecular complexity index is 659. The normalized spacial score (nSPS) is 17.2. The molecule has 2 heterocycles. The topological polar surface area (TPSA) is 16.1 Å². The van der Waals surface area contributed by atoms with Gasteiger partial charge in [0.05, 0.1) is 5.69 Å². The third-order valence-electron chi connectivity index (χ3n) is 5.16. The molecule has 2 nitrogen and oxygen atoms in total. The molecule has 1 aliphatic rings. The monoisotopic (exact) mass is 322 g/mol. The zero-order valence-corrected chi connectivity index (χ0v) is 15.5. The number of hydrogen-bond acceptors (Lipinski definition) is 2. The first-order chi connectivity index (χ1) is 11.4. The van der Waals surface area contributed by atoms with Crippen molar-refractivity contribution in [3.05, 3.63) is 53.9 Å². The molecule has 3 rings (SSSR count). The minimum absolute atomic E-state index is 0.202. The van der Waals surface area contributed by atoms with E-state index >= 15 is 0 Å². The minimum Gasteiger partial charge on any atom is -0.297 e. The van der Waals surface area contributed by atoms with E-state index in [0.717, 1.165) is 12.5 Å². The largest absolute Gasteiger partial charge is 0.297 e. The van der Waals surface area contributed by atoms with E-state index in [2.05, 4.69) is 74.0 Å². The van der Waals surface area contributed by atoms with E-state index in [1.807, 2.05) is 6.20 Å². The third-order valence-corrected chi connectivity index (χ3v) is 5.16. The lowest BCUT2D eigenvalue weighted by atomic mass is 9.86. The van der Waals surface area contributed by atoms with Gasteiger partial charge in [0.15, 0.2) is 0 Å². The van der Waals surface area contributed by atoms with Crippen LogP contribution in [0.1, 0.15) is 51.8 Å². The molecule has 1 saturated heterocycles. The predicted octanol–water partition coefficient (Wildman–Crippen LogP) is 5.28. The fourth-order valence-electron chi connectivity index (χ4n) is 3.36. The fraction of sp³-hybridized carbons (Fsp3) is 0.500. The Morgan fingerprint density at radius 2 is 1.67 bits per heavy atom. The van der Waals surface area contributed by atoms with Crippen LogP contribution in [0.3, 0.4) is 0 Å². The van der Waals surface area contributed by atoms with Crippen LogP contribution < -0.4 is 0 Å². The Morgan fingerprint density at radius 1 is 1.00 bits per heavy atom. The van der Waals surface area contributed by atoms with Crippen LogP contribution in [-0.2, 0) is 12.0 Å². The Hall–Kier alpha value is -1.67. The molecule has 1 aromatic carbocycles. The first-order valence-corrected chi connectivity index (χ1v) is 9.20. The lowest BCUT2D eigenvalue weighted by Crippen LogP contribution is -2.32. The van der Waals surface area contributed by atoms with Crippen LogP contribution in [0.5, 0.6) is 0 Å². The third kappa shape index (κ3) is 4.24. The second-order valence-electron chi connectivity index (χ2n) is 8.32. The van der Waals surface area contributed by atoms with E-state index in [0.29, 0.717) is 0 Å². The molecule has 2 aromatic rings. The number of likely N-dealkylation sites (tertiary alicyclic amines) is 1. The molecule has 0 saturated carbocycles. The molecule has 1 aliphatic heterocycles. The van der Waals surface area contributed by atoms with Crippen molar-refractivity contribution in [3.8, 4) is 11.1 Å². The molecular formula is C22H30N2. The Morgan fingerprint density at radius 3 is 2.29 bits per heavy atom. The average molecular weight is 322 g/mol. The number of aromatic nitrogens is 1. The van der Waals surface area contributed by atoms with Crippen LogP contribution in [0.25, 0.3) is 11.1 Å². The van der Waals surface area contributed by atoms with Gasteiger partial charge in [-0.25, -0.2) is 0 Å². The van der Waals surface area contributed by atoms with Crippen LogP contribution in [-0.4, -0.2) is 23.0 Å². The van der Waals surface area contributed by atoms with Crippen LogP contribution >= 0.6 is 0 Å². The second-order valence-corrected chi connectivity index (χ2v) is 8.32. The van der Waals surface area contributed by atoms with Gasteiger partial charge in [0, 0.05) is 12.7 Å². The van der Waals surface area contributed by atoms with Crippen LogP contribution in [0.4, 0.5) is 0 Å². The zero-order chi connectivity index (χ0) is 17.2.